The van der Waals surface area contributed by atoms with E-state index in [1.54, 1.807) is 29.2 Å². The number of rotatable bonds is 9. The van der Waals surface area contributed by atoms with Crippen LogP contribution in [0.1, 0.15) is 53.9 Å². The maximum absolute atomic E-state index is 13.3. The number of halogens is 3. The molecular weight excluding hydrogens is 471 g/mol. The molecule has 0 aromatic heterocycles. The lowest BCUT2D eigenvalue weighted by molar-refractivity contribution is -0.137. The molecule has 1 aliphatic rings. The Morgan fingerprint density at radius 3 is 2.08 bits per heavy atom. The van der Waals surface area contributed by atoms with Gasteiger partial charge in [0.2, 0.25) is 0 Å². The lowest BCUT2D eigenvalue weighted by Gasteiger charge is -2.28. The number of hydrogen-bond acceptors (Lipinski definition) is 4. The molecule has 0 aliphatic carbocycles. The highest BCUT2D eigenvalue weighted by Crippen LogP contribution is 2.37. The second-order valence-electron chi connectivity index (χ2n) is 8.77. The summed E-state index contributed by atoms with van der Waals surface area (Å²) in [5, 5.41) is 0. The van der Waals surface area contributed by atoms with Crippen LogP contribution in [0.15, 0.2) is 66.7 Å². The Morgan fingerprint density at radius 1 is 0.889 bits per heavy atom. The van der Waals surface area contributed by atoms with Crippen LogP contribution in [0.25, 0.3) is 0 Å². The van der Waals surface area contributed by atoms with Crippen LogP contribution < -0.4 is 14.2 Å². The maximum Gasteiger partial charge on any atom is 0.416 e. The molecule has 8 heteroatoms. The Morgan fingerprint density at radius 2 is 1.50 bits per heavy atom. The molecule has 3 aromatic carbocycles. The van der Waals surface area contributed by atoms with Crippen molar-refractivity contribution in [3.8, 4) is 17.2 Å². The van der Waals surface area contributed by atoms with Crippen LogP contribution in [0.2, 0.25) is 0 Å². The van der Waals surface area contributed by atoms with Gasteiger partial charge < -0.3 is 19.1 Å². The molecule has 0 saturated carbocycles. The van der Waals surface area contributed by atoms with Crippen molar-refractivity contribution in [2.45, 2.75) is 45.6 Å². The van der Waals surface area contributed by atoms with Crippen LogP contribution >= 0.6 is 0 Å². The van der Waals surface area contributed by atoms with E-state index < -0.39 is 23.7 Å². The van der Waals surface area contributed by atoms with Gasteiger partial charge in [0.05, 0.1) is 24.3 Å². The molecule has 0 saturated heterocycles. The lowest BCUT2D eigenvalue weighted by atomic mass is 10.1. The second-order valence-corrected chi connectivity index (χ2v) is 8.77. The van der Waals surface area contributed by atoms with Crippen LogP contribution in [-0.2, 0) is 12.7 Å². The third kappa shape index (κ3) is 5.75. The zero-order chi connectivity index (χ0) is 25.9. The number of nitrogens with zero attached hydrogens (tertiary/aromatic N) is 1. The molecule has 1 atom stereocenters. The average Bonchev–Trinajstić information content (AvgIpc) is 3.16. The molecule has 1 aliphatic heterocycles. The largest absolute Gasteiger partial charge is 0.494 e. The summed E-state index contributed by atoms with van der Waals surface area (Å²) in [5.41, 5.74) is 0.567. The van der Waals surface area contributed by atoms with Gasteiger partial charge in [0.15, 0.2) is 0 Å². The fraction of sp³-hybridized carbons (Fsp3) is 0.321. The minimum Gasteiger partial charge on any atom is -0.494 e. The highest BCUT2D eigenvalue weighted by Gasteiger charge is 2.37. The fourth-order valence-electron chi connectivity index (χ4n) is 4.13. The van der Waals surface area contributed by atoms with Gasteiger partial charge in [-0.05, 0) is 80.4 Å². The molecule has 36 heavy (non-hydrogen) atoms. The third-order valence-electron chi connectivity index (χ3n) is 5.82. The quantitative estimate of drug-likeness (QED) is 0.330. The van der Waals surface area contributed by atoms with Crippen molar-refractivity contribution < 1.29 is 32.2 Å². The van der Waals surface area contributed by atoms with Gasteiger partial charge in [-0.25, -0.2) is 0 Å². The van der Waals surface area contributed by atoms with Gasteiger partial charge in [0.25, 0.3) is 5.91 Å². The monoisotopic (exact) mass is 499 g/mol. The number of alkyl halides is 3. The molecule has 1 unspecified atom stereocenters. The molecule has 0 N–H and O–H groups in total. The van der Waals surface area contributed by atoms with Crippen molar-refractivity contribution >= 4 is 5.91 Å². The third-order valence-corrected chi connectivity index (χ3v) is 5.82. The zero-order valence-corrected chi connectivity index (χ0v) is 20.3. The number of hydrogen-bond donors (Lipinski definition) is 0. The standard InChI is InChI=1S/C28H28F3NO4/c1-4-34-22-11-13-23(14-12-22)35-17-26(19-6-9-24(10-7-19)36-18(2)3)32-16-20-5-8-21(28(29,30)31)15-25(20)27(32)33/h5-15,18,26H,4,16-17H2,1-3H3. The first-order chi connectivity index (χ1) is 17.2. The summed E-state index contributed by atoms with van der Waals surface area (Å²) in [6.07, 6.45) is -4.52. The molecule has 0 radical (unpaired) electrons. The van der Waals surface area contributed by atoms with Crippen molar-refractivity contribution in [2.24, 2.45) is 0 Å². The molecule has 1 amide bonds. The molecular formula is C28H28F3NO4. The number of fused-ring (bicyclic) bond motifs is 1. The van der Waals surface area contributed by atoms with Gasteiger partial charge in [-0.3, -0.25) is 4.79 Å². The van der Waals surface area contributed by atoms with Crippen LogP contribution in [0.4, 0.5) is 13.2 Å². The average molecular weight is 500 g/mol. The highest BCUT2D eigenvalue weighted by atomic mass is 19.4. The number of ether oxygens (including phenoxy) is 3. The second kappa shape index (κ2) is 10.5. The summed E-state index contributed by atoms with van der Waals surface area (Å²) in [6, 6.07) is 17.3. The molecule has 190 valence electrons. The SMILES string of the molecule is CCOc1ccc(OCC(c2ccc(OC(C)C)cc2)N2Cc3ccc(C(F)(F)F)cc3C2=O)cc1. The van der Waals surface area contributed by atoms with Crippen molar-refractivity contribution in [2.75, 3.05) is 13.2 Å². The van der Waals surface area contributed by atoms with Gasteiger partial charge in [0.1, 0.15) is 23.9 Å². The van der Waals surface area contributed by atoms with E-state index in [4.69, 9.17) is 14.2 Å². The summed E-state index contributed by atoms with van der Waals surface area (Å²) in [7, 11) is 0. The van der Waals surface area contributed by atoms with E-state index in [0.29, 0.717) is 29.4 Å². The van der Waals surface area contributed by atoms with E-state index in [1.807, 2.05) is 45.0 Å². The van der Waals surface area contributed by atoms with E-state index in [2.05, 4.69) is 0 Å². The van der Waals surface area contributed by atoms with E-state index in [9.17, 15) is 18.0 Å². The van der Waals surface area contributed by atoms with Crippen LogP contribution in [0, 0.1) is 0 Å². The molecule has 4 rings (SSSR count). The maximum atomic E-state index is 13.3. The first-order valence-electron chi connectivity index (χ1n) is 11.8. The summed E-state index contributed by atoms with van der Waals surface area (Å²) >= 11 is 0. The van der Waals surface area contributed by atoms with Crippen LogP contribution in [0.5, 0.6) is 17.2 Å². The fourth-order valence-corrected chi connectivity index (χ4v) is 4.13. The lowest BCUT2D eigenvalue weighted by Crippen LogP contribution is -2.33. The number of benzene rings is 3. The summed E-state index contributed by atoms with van der Waals surface area (Å²) in [6.45, 7) is 6.60. The van der Waals surface area contributed by atoms with Crippen LogP contribution in [-0.4, -0.2) is 30.1 Å². The van der Waals surface area contributed by atoms with Crippen LogP contribution in [0.3, 0.4) is 0 Å². The normalized spacial score (nSPS) is 14.1. The highest BCUT2D eigenvalue weighted by molar-refractivity contribution is 5.98. The van der Waals surface area contributed by atoms with Gasteiger partial charge >= 0.3 is 6.18 Å². The summed E-state index contributed by atoms with van der Waals surface area (Å²) in [5.74, 6) is 1.53. The Kier molecular flexibility index (Phi) is 7.43. The van der Waals surface area contributed by atoms with Crippen molar-refractivity contribution in [1.29, 1.82) is 0 Å². The molecule has 0 fully saturated rings. The number of carbonyl (C=O) groups is 1. The van der Waals surface area contributed by atoms with Gasteiger partial charge in [-0.2, -0.15) is 13.2 Å². The molecule has 1 heterocycles. The summed E-state index contributed by atoms with van der Waals surface area (Å²) in [4.78, 5) is 14.8. The first-order valence-corrected chi connectivity index (χ1v) is 11.8. The first kappa shape index (κ1) is 25.4. The Labute approximate surface area is 208 Å². The molecule has 0 spiro atoms. The topological polar surface area (TPSA) is 48.0 Å². The van der Waals surface area contributed by atoms with E-state index >= 15 is 0 Å². The number of amides is 1. The predicted octanol–water partition coefficient (Wildman–Crippen LogP) is 6.67. The van der Waals surface area contributed by atoms with E-state index in [-0.39, 0.29) is 24.8 Å². The smallest absolute Gasteiger partial charge is 0.416 e. The Bertz CT molecular complexity index is 1190. The van der Waals surface area contributed by atoms with Gasteiger partial charge in [0, 0.05) is 12.1 Å². The predicted molar refractivity (Wildman–Crippen MR) is 129 cm³/mol. The Balaban J connectivity index is 1.60. The number of carbonyl (C=O) groups excluding carboxylic acids is 1. The minimum absolute atomic E-state index is 0.00660. The molecule has 3 aromatic rings. The molecule has 5 nitrogen and oxygen atoms in total. The van der Waals surface area contributed by atoms with Gasteiger partial charge in [-0.1, -0.05) is 18.2 Å². The minimum atomic E-state index is -4.52. The van der Waals surface area contributed by atoms with Crippen molar-refractivity contribution in [3.05, 3.63) is 89.0 Å². The summed E-state index contributed by atoms with van der Waals surface area (Å²) < 4.78 is 57.0. The van der Waals surface area contributed by atoms with Crippen molar-refractivity contribution in [1.82, 2.24) is 4.90 Å². The molecule has 0 bridgehead atoms. The van der Waals surface area contributed by atoms with Crippen molar-refractivity contribution in [3.63, 3.8) is 0 Å². The Hall–Kier alpha value is -3.68. The van der Waals surface area contributed by atoms with E-state index in [0.717, 1.165) is 17.7 Å². The zero-order valence-electron chi connectivity index (χ0n) is 20.3. The van der Waals surface area contributed by atoms with Gasteiger partial charge in [-0.15, -0.1) is 0 Å². The van der Waals surface area contributed by atoms with E-state index in [1.165, 1.54) is 6.07 Å².